The Kier molecular flexibility index (Phi) is 6.38. The van der Waals surface area contributed by atoms with Crippen molar-refractivity contribution < 1.29 is 9.59 Å². The Hall–Kier alpha value is -3.11. The van der Waals surface area contributed by atoms with Crippen LogP contribution in [-0.2, 0) is 4.79 Å². The molecule has 0 unspecified atom stereocenters. The molecule has 0 bridgehead atoms. The fourth-order valence-corrected chi connectivity index (χ4v) is 4.25. The average molecular weight is 455 g/mol. The smallest absolute Gasteiger partial charge is 0.257 e. The number of carbonyl (C=O) groups is 2. The first-order valence-corrected chi connectivity index (χ1v) is 11.2. The zero-order valence-electron chi connectivity index (χ0n) is 17.0. The fraction of sp³-hybridized carbons (Fsp3) is 0.286. The average Bonchev–Trinajstić information content (AvgIpc) is 3.27. The van der Waals surface area contributed by atoms with Crippen LogP contribution < -0.4 is 15.5 Å². The van der Waals surface area contributed by atoms with Gasteiger partial charge in [-0.2, -0.15) is 8.75 Å². The van der Waals surface area contributed by atoms with Gasteiger partial charge in [0.2, 0.25) is 5.91 Å². The maximum atomic E-state index is 12.6. The maximum Gasteiger partial charge on any atom is 0.257 e. The molecule has 1 aliphatic rings. The quantitative estimate of drug-likeness (QED) is 0.586. The summed E-state index contributed by atoms with van der Waals surface area (Å²) in [5, 5.41) is 6.08. The molecule has 0 atom stereocenters. The van der Waals surface area contributed by atoms with E-state index in [0.717, 1.165) is 41.7 Å². The van der Waals surface area contributed by atoms with Crippen LogP contribution in [0.4, 0.5) is 11.4 Å². The Morgan fingerprint density at radius 1 is 1.06 bits per heavy atom. The van der Waals surface area contributed by atoms with E-state index in [1.807, 2.05) is 36.1 Å². The van der Waals surface area contributed by atoms with Crippen molar-refractivity contribution in [3.8, 4) is 0 Å². The van der Waals surface area contributed by atoms with Gasteiger partial charge >= 0.3 is 0 Å². The molecule has 1 fully saturated rings. The van der Waals surface area contributed by atoms with Crippen LogP contribution in [0.15, 0.2) is 42.5 Å². The molecular formula is C21H22N6O2S2. The monoisotopic (exact) mass is 454 g/mol. The molecular weight excluding hydrogens is 432 g/mol. The summed E-state index contributed by atoms with van der Waals surface area (Å²) in [6, 6.07) is 13.0. The molecule has 0 aliphatic carbocycles. The van der Waals surface area contributed by atoms with Crippen molar-refractivity contribution in [1.82, 2.24) is 19.0 Å². The Morgan fingerprint density at radius 2 is 1.81 bits per heavy atom. The molecule has 160 valence electrons. The molecule has 2 heterocycles. The number of carbonyl (C=O) groups excluding carboxylic acids is 2. The third kappa shape index (κ3) is 4.80. The molecule has 1 aliphatic heterocycles. The van der Waals surface area contributed by atoms with E-state index < -0.39 is 0 Å². The molecule has 2 N–H and O–H groups in total. The van der Waals surface area contributed by atoms with Crippen LogP contribution in [0, 0.1) is 0 Å². The zero-order chi connectivity index (χ0) is 21.8. The van der Waals surface area contributed by atoms with Gasteiger partial charge in [0.15, 0.2) is 5.11 Å². The van der Waals surface area contributed by atoms with Gasteiger partial charge in [-0.25, -0.2) is 0 Å². The van der Waals surface area contributed by atoms with Gasteiger partial charge in [0.1, 0.15) is 11.0 Å². The molecule has 0 saturated carbocycles. The van der Waals surface area contributed by atoms with Crippen LogP contribution in [0.25, 0.3) is 11.0 Å². The third-order valence-corrected chi connectivity index (χ3v) is 5.93. The first-order valence-electron chi connectivity index (χ1n) is 10.0. The standard InChI is InChI=1S/C21H22N6O2S2/c1-2-19(28)27-11-9-26(10-12-27)18-6-4-3-5-16(18)22-21(30)23-20(29)14-7-8-15-17(13-14)25-31-24-15/h3-8,13H,2,9-12H2,1H3,(H2,22,23,29,30). The Bertz CT molecular complexity index is 1120. The highest BCUT2D eigenvalue weighted by Gasteiger charge is 2.22. The largest absolute Gasteiger partial charge is 0.366 e. The molecule has 3 aromatic rings. The van der Waals surface area contributed by atoms with Crippen molar-refractivity contribution in [2.24, 2.45) is 0 Å². The van der Waals surface area contributed by atoms with E-state index in [1.54, 1.807) is 18.2 Å². The number of aromatic nitrogens is 2. The molecule has 0 radical (unpaired) electrons. The van der Waals surface area contributed by atoms with Gasteiger partial charge in [-0.1, -0.05) is 19.1 Å². The Balaban J connectivity index is 1.41. The highest BCUT2D eigenvalue weighted by Crippen LogP contribution is 2.26. The van der Waals surface area contributed by atoms with Gasteiger partial charge in [0.25, 0.3) is 5.91 Å². The first kappa shape index (κ1) is 21.1. The second kappa shape index (κ2) is 9.36. The van der Waals surface area contributed by atoms with Gasteiger partial charge in [-0.15, -0.1) is 0 Å². The van der Waals surface area contributed by atoms with Gasteiger partial charge < -0.3 is 15.1 Å². The number of nitrogens with one attached hydrogen (secondary N) is 2. The predicted molar refractivity (Wildman–Crippen MR) is 127 cm³/mol. The van der Waals surface area contributed by atoms with Crippen LogP contribution in [0.5, 0.6) is 0 Å². The lowest BCUT2D eigenvalue weighted by atomic mass is 10.2. The van der Waals surface area contributed by atoms with Crippen molar-refractivity contribution in [1.29, 1.82) is 0 Å². The van der Waals surface area contributed by atoms with Crippen LogP contribution in [0.2, 0.25) is 0 Å². The van der Waals surface area contributed by atoms with Crippen molar-refractivity contribution in [2.45, 2.75) is 13.3 Å². The fourth-order valence-electron chi connectivity index (χ4n) is 3.53. The van der Waals surface area contributed by atoms with Crippen LogP contribution >= 0.6 is 23.9 Å². The summed E-state index contributed by atoms with van der Waals surface area (Å²) >= 11 is 6.49. The molecule has 8 nitrogen and oxygen atoms in total. The minimum absolute atomic E-state index is 0.182. The van der Waals surface area contributed by atoms with Crippen LogP contribution in [0.1, 0.15) is 23.7 Å². The summed E-state index contributed by atoms with van der Waals surface area (Å²) < 4.78 is 8.31. The number of fused-ring (bicyclic) bond motifs is 1. The highest BCUT2D eigenvalue weighted by atomic mass is 32.1. The van der Waals surface area contributed by atoms with E-state index in [9.17, 15) is 9.59 Å². The van der Waals surface area contributed by atoms with E-state index in [4.69, 9.17) is 12.2 Å². The normalized spacial score (nSPS) is 13.8. The lowest BCUT2D eigenvalue weighted by Crippen LogP contribution is -2.48. The second-order valence-corrected chi connectivity index (χ2v) is 8.05. The van der Waals surface area contributed by atoms with Gasteiger partial charge in [0.05, 0.1) is 23.1 Å². The number of nitrogens with zero attached hydrogens (tertiary/aromatic N) is 4. The number of para-hydroxylation sites is 2. The molecule has 10 heteroatoms. The summed E-state index contributed by atoms with van der Waals surface area (Å²) in [4.78, 5) is 28.6. The number of rotatable bonds is 4. The van der Waals surface area contributed by atoms with Gasteiger partial charge in [-0.3, -0.25) is 14.9 Å². The van der Waals surface area contributed by atoms with E-state index in [1.165, 1.54) is 0 Å². The summed E-state index contributed by atoms with van der Waals surface area (Å²) in [6.45, 7) is 4.75. The van der Waals surface area contributed by atoms with Crippen molar-refractivity contribution in [2.75, 3.05) is 36.4 Å². The molecule has 2 amide bonds. The second-order valence-electron chi connectivity index (χ2n) is 7.11. The minimum atomic E-state index is -0.309. The van der Waals surface area contributed by atoms with Crippen molar-refractivity contribution in [3.63, 3.8) is 0 Å². The topological polar surface area (TPSA) is 90.5 Å². The maximum absolute atomic E-state index is 12.6. The lowest BCUT2D eigenvalue weighted by Gasteiger charge is -2.37. The van der Waals surface area contributed by atoms with Crippen LogP contribution in [0.3, 0.4) is 0 Å². The number of benzene rings is 2. The number of amides is 2. The predicted octanol–water partition coefficient (Wildman–Crippen LogP) is 2.88. The van der Waals surface area contributed by atoms with E-state index in [2.05, 4.69) is 24.3 Å². The summed E-state index contributed by atoms with van der Waals surface area (Å²) in [5.41, 5.74) is 3.70. The SMILES string of the molecule is CCC(=O)N1CCN(c2ccccc2NC(=S)NC(=O)c2ccc3nsnc3c2)CC1. The summed E-state index contributed by atoms with van der Waals surface area (Å²) in [7, 11) is 0. The summed E-state index contributed by atoms with van der Waals surface area (Å²) in [6.07, 6.45) is 0.526. The Morgan fingerprint density at radius 3 is 2.58 bits per heavy atom. The summed E-state index contributed by atoms with van der Waals surface area (Å²) in [5.74, 6) is -0.127. The van der Waals surface area contributed by atoms with Gasteiger partial charge in [0, 0.05) is 38.2 Å². The molecule has 1 aromatic heterocycles. The number of anilines is 2. The van der Waals surface area contributed by atoms with E-state index in [-0.39, 0.29) is 16.9 Å². The molecule has 1 saturated heterocycles. The molecule has 4 rings (SSSR count). The highest BCUT2D eigenvalue weighted by molar-refractivity contribution is 7.80. The molecule has 2 aromatic carbocycles. The van der Waals surface area contributed by atoms with E-state index in [0.29, 0.717) is 30.6 Å². The van der Waals surface area contributed by atoms with Gasteiger partial charge in [-0.05, 0) is 42.5 Å². The minimum Gasteiger partial charge on any atom is -0.366 e. The number of piperazine rings is 1. The molecule has 31 heavy (non-hydrogen) atoms. The van der Waals surface area contributed by atoms with E-state index >= 15 is 0 Å². The first-order chi connectivity index (χ1) is 15.0. The van der Waals surface area contributed by atoms with Crippen LogP contribution in [-0.4, -0.2) is 56.8 Å². The number of hydrogen-bond donors (Lipinski definition) is 2. The van der Waals surface area contributed by atoms with Crippen molar-refractivity contribution >= 4 is 63.3 Å². The Labute approximate surface area is 189 Å². The number of hydrogen-bond acceptors (Lipinski definition) is 7. The zero-order valence-corrected chi connectivity index (χ0v) is 18.6. The lowest BCUT2D eigenvalue weighted by molar-refractivity contribution is -0.131. The number of thiocarbonyl (C=S) groups is 1. The van der Waals surface area contributed by atoms with Crippen molar-refractivity contribution in [3.05, 3.63) is 48.0 Å². The third-order valence-electron chi connectivity index (χ3n) is 5.17. The molecule has 0 spiro atoms.